The third kappa shape index (κ3) is 4.51. The Bertz CT molecular complexity index is 815. The number of hydrogen-bond acceptors (Lipinski definition) is 3. The fourth-order valence-electron chi connectivity index (χ4n) is 2.92. The van der Waals surface area contributed by atoms with Gasteiger partial charge in [-0.3, -0.25) is 10.1 Å². The predicted octanol–water partition coefficient (Wildman–Crippen LogP) is 3.99. The molecule has 2 amide bonds. The molecular weight excluding hydrogens is 328 g/mol. The van der Waals surface area contributed by atoms with Crippen LogP contribution in [0.5, 0.6) is 0 Å². The third-order valence-electron chi connectivity index (χ3n) is 4.44. The van der Waals surface area contributed by atoms with Crippen molar-refractivity contribution in [3.63, 3.8) is 0 Å². The first-order chi connectivity index (χ1) is 12.7. The van der Waals surface area contributed by atoms with Gasteiger partial charge in [-0.2, -0.15) is 0 Å². The van der Waals surface area contributed by atoms with Crippen molar-refractivity contribution in [1.82, 2.24) is 4.90 Å². The van der Waals surface area contributed by atoms with E-state index in [-0.39, 0.29) is 6.61 Å². The number of anilines is 1. The molecule has 3 rings (SSSR count). The Kier molecular flexibility index (Phi) is 5.69. The van der Waals surface area contributed by atoms with Gasteiger partial charge in [0.2, 0.25) is 6.41 Å². The number of nitrogens with zero attached hydrogens (tertiary/aromatic N) is 1. The summed E-state index contributed by atoms with van der Waals surface area (Å²) in [5, 5.41) is 2.79. The van der Waals surface area contributed by atoms with E-state index in [9.17, 15) is 9.59 Å². The molecule has 1 N–H and O–H groups in total. The van der Waals surface area contributed by atoms with Crippen molar-refractivity contribution in [3.05, 3.63) is 71.3 Å². The van der Waals surface area contributed by atoms with Gasteiger partial charge in [-0.05, 0) is 47.7 Å². The molecule has 5 heteroatoms. The van der Waals surface area contributed by atoms with Gasteiger partial charge in [0.25, 0.3) is 0 Å². The Balaban J connectivity index is 1.60. The Morgan fingerprint density at radius 2 is 2.04 bits per heavy atom. The van der Waals surface area contributed by atoms with Crippen LogP contribution < -0.4 is 5.32 Å². The highest BCUT2D eigenvalue weighted by Gasteiger charge is 2.13. The molecule has 0 fully saturated rings. The normalized spacial score (nSPS) is 13.7. The molecule has 0 bridgehead atoms. The number of benzene rings is 2. The van der Waals surface area contributed by atoms with Gasteiger partial charge in [-0.15, -0.1) is 0 Å². The molecule has 1 heterocycles. The Morgan fingerprint density at radius 3 is 2.69 bits per heavy atom. The van der Waals surface area contributed by atoms with Crippen molar-refractivity contribution >= 4 is 23.8 Å². The SMILES string of the molecule is Cc1cc(C2=CCN(C=O)CC2)ccc1NC(=O)OCc1ccccc1. The zero-order chi connectivity index (χ0) is 18.4. The average Bonchev–Trinajstić information content (AvgIpc) is 2.69. The van der Waals surface area contributed by atoms with Crippen LogP contribution in [0, 0.1) is 6.92 Å². The quantitative estimate of drug-likeness (QED) is 0.830. The predicted molar refractivity (Wildman–Crippen MR) is 102 cm³/mol. The largest absolute Gasteiger partial charge is 0.444 e. The summed E-state index contributed by atoms with van der Waals surface area (Å²) < 4.78 is 5.26. The Morgan fingerprint density at radius 1 is 1.23 bits per heavy atom. The zero-order valence-corrected chi connectivity index (χ0v) is 14.8. The lowest BCUT2D eigenvalue weighted by molar-refractivity contribution is -0.117. The third-order valence-corrected chi connectivity index (χ3v) is 4.44. The summed E-state index contributed by atoms with van der Waals surface area (Å²) in [4.78, 5) is 24.5. The summed E-state index contributed by atoms with van der Waals surface area (Å²) >= 11 is 0. The van der Waals surface area contributed by atoms with Crippen molar-refractivity contribution in [1.29, 1.82) is 0 Å². The van der Waals surface area contributed by atoms with Gasteiger partial charge in [0.05, 0.1) is 0 Å². The smallest absolute Gasteiger partial charge is 0.411 e. The van der Waals surface area contributed by atoms with Gasteiger partial charge >= 0.3 is 6.09 Å². The molecule has 2 aromatic rings. The van der Waals surface area contributed by atoms with Crippen LogP contribution in [0.25, 0.3) is 5.57 Å². The number of aryl methyl sites for hydroxylation is 1. The Hall–Kier alpha value is -3.08. The summed E-state index contributed by atoms with van der Waals surface area (Å²) in [5.74, 6) is 0. The van der Waals surface area contributed by atoms with Crippen molar-refractivity contribution < 1.29 is 14.3 Å². The van der Waals surface area contributed by atoms with Crippen LogP contribution in [-0.4, -0.2) is 30.5 Å². The number of nitrogens with one attached hydrogen (secondary N) is 1. The van der Waals surface area contributed by atoms with Gasteiger partial charge in [0, 0.05) is 18.8 Å². The minimum Gasteiger partial charge on any atom is -0.444 e. The van der Waals surface area contributed by atoms with Crippen LogP contribution in [0.3, 0.4) is 0 Å². The lowest BCUT2D eigenvalue weighted by Crippen LogP contribution is -2.26. The molecule has 1 aliphatic rings. The van der Waals surface area contributed by atoms with E-state index in [0.717, 1.165) is 41.8 Å². The van der Waals surface area contributed by atoms with Crippen LogP contribution in [0.4, 0.5) is 10.5 Å². The average molecular weight is 350 g/mol. The highest BCUT2D eigenvalue weighted by molar-refractivity contribution is 5.86. The molecule has 0 spiro atoms. The molecule has 134 valence electrons. The number of rotatable bonds is 5. The molecule has 0 aromatic heterocycles. The molecule has 0 saturated carbocycles. The van der Waals surface area contributed by atoms with E-state index in [0.29, 0.717) is 6.54 Å². The summed E-state index contributed by atoms with van der Waals surface area (Å²) in [6, 6.07) is 15.5. The van der Waals surface area contributed by atoms with E-state index in [1.54, 1.807) is 4.90 Å². The van der Waals surface area contributed by atoms with Gasteiger partial charge in [0.15, 0.2) is 0 Å². The van der Waals surface area contributed by atoms with E-state index in [2.05, 4.69) is 17.5 Å². The maximum Gasteiger partial charge on any atom is 0.411 e. The summed E-state index contributed by atoms with van der Waals surface area (Å²) in [7, 11) is 0. The highest BCUT2D eigenvalue weighted by Crippen LogP contribution is 2.26. The molecule has 5 nitrogen and oxygen atoms in total. The second-order valence-corrected chi connectivity index (χ2v) is 6.30. The maximum absolute atomic E-state index is 12.0. The van der Waals surface area contributed by atoms with E-state index < -0.39 is 6.09 Å². The molecule has 0 saturated heterocycles. The van der Waals surface area contributed by atoms with E-state index >= 15 is 0 Å². The molecule has 1 aliphatic heterocycles. The van der Waals surface area contributed by atoms with E-state index in [1.807, 2.05) is 49.4 Å². The molecule has 26 heavy (non-hydrogen) atoms. The number of carbonyl (C=O) groups is 2. The van der Waals surface area contributed by atoms with Crippen LogP contribution in [0.2, 0.25) is 0 Å². The number of ether oxygens (including phenoxy) is 1. The maximum atomic E-state index is 12.0. The topological polar surface area (TPSA) is 58.6 Å². The number of carbonyl (C=O) groups excluding carboxylic acids is 2. The number of amides is 2. The first-order valence-electron chi connectivity index (χ1n) is 8.63. The first kappa shape index (κ1) is 17.7. The molecule has 0 unspecified atom stereocenters. The van der Waals surface area contributed by atoms with Gasteiger partial charge in [0.1, 0.15) is 6.61 Å². The fraction of sp³-hybridized carbons (Fsp3) is 0.238. The summed E-state index contributed by atoms with van der Waals surface area (Å²) in [6.45, 7) is 3.57. The fourth-order valence-corrected chi connectivity index (χ4v) is 2.92. The van der Waals surface area contributed by atoms with Crippen LogP contribution in [0.1, 0.15) is 23.1 Å². The van der Waals surface area contributed by atoms with Crippen molar-refractivity contribution in [3.8, 4) is 0 Å². The lowest BCUT2D eigenvalue weighted by Gasteiger charge is -2.23. The Labute approximate surface area is 153 Å². The first-order valence-corrected chi connectivity index (χ1v) is 8.63. The second-order valence-electron chi connectivity index (χ2n) is 6.30. The minimum absolute atomic E-state index is 0.240. The van der Waals surface area contributed by atoms with Crippen molar-refractivity contribution in [2.75, 3.05) is 18.4 Å². The lowest BCUT2D eigenvalue weighted by atomic mass is 9.97. The summed E-state index contributed by atoms with van der Waals surface area (Å²) in [5.41, 5.74) is 5.00. The van der Waals surface area contributed by atoms with Crippen LogP contribution >= 0.6 is 0 Å². The molecule has 2 aromatic carbocycles. The van der Waals surface area contributed by atoms with Crippen LogP contribution in [0.15, 0.2) is 54.6 Å². The molecular formula is C21H22N2O3. The highest BCUT2D eigenvalue weighted by atomic mass is 16.5. The monoisotopic (exact) mass is 350 g/mol. The number of hydrogen-bond donors (Lipinski definition) is 1. The standard InChI is InChI=1S/C21H22N2O3/c1-16-13-19(18-9-11-23(15-24)12-10-18)7-8-20(16)22-21(25)26-14-17-5-3-2-4-6-17/h2-9,13,15H,10-12,14H2,1H3,(H,22,25). The van der Waals surface area contributed by atoms with Crippen molar-refractivity contribution in [2.24, 2.45) is 0 Å². The van der Waals surface area contributed by atoms with Crippen molar-refractivity contribution in [2.45, 2.75) is 20.0 Å². The molecule has 0 aliphatic carbocycles. The van der Waals surface area contributed by atoms with Gasteiger partial charge in [-0.25, -0.2) is 4.79 Å². The van der Waals surface area contributed by atoms with Gasteiger partial charge in [-0.1, -0.05) is 42.5 Å². The molecule has 0 atom stereocenters. The van der Waals surface area contributed by atoms with E-state index in [4.69, 9.17) is 4.74 Å². The van der Waals surface area contributed by atoms with E-state index in [1.165, 1.54) is 5.57 Å². The summed E-state index contributed by atoms with van der Waals surface area (Å²) in [6.07, 6.45) is 3.33. The molecule has 0 radical (unpaired) electrons. The second kappa shape index (κ2) is 8.34. The van der Waals surface area contributed by atoms with Crippen LogP contribution in [-0.2, 0) is 16.1 Å². The zero-order valence-electron chi connectivity index (χ0n) is 14.8. The van der Waals surface area contributed by atoms with Gasteiger partial charge < -0.3 is 9.64 Å². The minimum atomic E-state index is -0.469.